The molecule has 1 rings (SSSR count). The van der Waals surface area contributed by atoms with Crippen LogP contribution in [0, 0.1) is 11.3 Å². The summed E-state index contributed by atoms with van der Waals surface area (Å²) in [6.07, 6.45) is 3.87. The van der Waals surface area contributed by atoms with Gasteiger partial charge in [-0.1, -0.05) is 20.8 Å². The van der Waals surface area contributed by atoms with Crippen molar-refractivity contribution in [2.24, 2.45) is 17.1 Å². The summed E-state index contributed by atoms with van der Waals surface area (Å²) in [7, 11) is 0. The Balaban J connectivity index is 2.41. The molecule has 1 atom stereocenters. The zero-order chi connectivity index (χ0) is 12.3. The first-order chi connectivity index (χ1) is 7.30. The number of amides is 1. The molecule has 0 aliphatic heterocycles. The van der Waals surface area contributed by atoms with E-state index in [1.54, 1.807) is 0 Å². The van der Waals surface area contributed by atoms with Crippen LogP contribution in [0.3, 0.4) is 0 Å². The van der Waals surface area contributed by atoms with E-state index in [4.69, 9.17) is 5.73 Å². The van der Waals surface area contributed by atoms with E-state index in [1.807, 2.05) is 0 Å². The normalized spacial score (nSPS) is 28.6. The molecule has 1 unspecified atom stereocenters. The summed E-state index contributed by atoms with van der Waals surface area (Å²) in [6, 6.07) is 0.527. The van der Waals surface area contributed by atoms with Crippen LogP contribution in [0.1, 0.15) is 53.4 Å². The van der Waals surface area contributed by atoms with Crippen molar-refractivity contribution in [1.29, 1.82) is 0 Å². The zero-order valence-electron chi connectivity index (χ0n) is 11.0. The maximum absolute atomic E-state index is 12.0. The Labute approximate surface area is 99.2 Å². The van der Waals surface area contributed by atoms with Gasteiger partial charge in [0.2, 0.25) is 5.91 Å². The molecule has 3 heteroatoms. The molecular formula is C13H26N2O. The predicted molar refractivity (Wildman–Crippen MR) is 67.0 cm³/mol. The Kier molecular flexibility index (Phi) is 4.36. The van der Waals surface area contributed by atoms with Gasteiger partial charge in [-0.2, -0.15) is 0 Å². The third kappa shape index (κ3) is 3.78. The topological polar surface area (TPSA) is 55.1 Å². The van der Waals surface area contributed by atoms with Gasteiger partial charge in [-0.25, -0.2) is 0 Å². The first kappa shape index (κ1) is 13.5. The third-order valence-electron chi connectivity index (χ3n) is 3.80. The van der Waals surface area contributed by atoms with Gasteiger partial charge in [0.1, 0.15) is 0 Å². The fourth-order valence-electron chi connectivity index (χ4n) is 1.93. The molecule has 0 saturated heterocycles. The smallest absolute Gasteiger partial charge is 0.223 e. The van der Waals surface area contributed by atoms with Crippen LogP contribution >= 0.6 is 0 Å². The standard InChI is InChI=1S/C13H26N2O/c1-9(13(2,3)4)15-12(16)10-5-7-11(14)8-6-10/h9-11H,5-8,14H2,1-4H3,(H,15,16). The summed E-state index contributed by atoms with van der Waals surface area (Å²) < 4.78 is 0. The number of carbonyl (C=O) groups excluding carboxylic acids is 1. The fraction of sp³-hybridized carbons (Fsp3) is 0.923. The molecule has 1 fully saturated rings. The Morgan fingerprint density at radius 1 is 1.25 bits per heavy atom. The molecule has 0 radical (unpaired) electrons. The maximum Gasteiger partial charge on any atom is 0.223 e. The van der Waals surface area contributed by atoms with Crippen LogP contribution in [0.4, 0.5) is 0 Å². The van der Waals surface area contributed by atoms with E-state index in [-0.39, 0.29) is 23.3 Å². The second-order valence-electron chi connectivity index (χ2n) is 6.21. The number of nitrogens with one attached hydrogen (secondary N) is 1. The van der Waals surface area contributed by atoms with Crippen LogP contribution in [0.25, 0.3) is 0 Å². The summed E-state index contributed by atoms with van der Waals surface area (Å²) in [5.41, 5.74) is 5.96. The second-order valence-corrected chi connectivity index (χ2v) is 6.21. The van der Waals surface area contributed by atoms with Gasteiger partial charge in [-0.3, -0.25) is 4.79 Å². The molecule has 0 heterocycles. The summed E-state index contributed by atoms with van der Waals surface area (Å²) in [5, 5.41) is 3.12. The van der Waals surface area contributed by atoms with E-state index < -0.39 is 0 Å². The number of hydrogen-bond acceptors (Lipinski definition) is 2. The molecule has 0 aromatic heterocycles. The lowest BCUT2D eigenvalue weighted by molar-refractivity contribution is -0.127. The van der Waals surface area contributed by atoms with Crippen LogP contribution in [0.15, 0.2) is 0 Å². The molecule has 0 aromatic carbocycles. The number of nitrogens with two attached hydrogens (primary N) is 1. The van der Waals surface area contributed by atoms with E-state index in [0.717, 1.165) is 25.7 Å². The van der Waals surface area contributed by atoms with Gasteiger partial charge in [0, 0.05) is 18.0 Å². The third-order valence-corrected chi connectivity index (χ3v) is 3.80. The van der Waals surface area contributed by atoms with E-state index >= 15 is 0 Å². The first-order valence-electron chi connectivity index (χ1n) is 6.36. The van der Waals surface area contributed by atoms with Gasteiger partial charge in [-0.15, -0.1) is 0 Å². The molecule has 16 heavy (non-hydrogen) atoms. The van der Waals surface area contributed by atoms with Crippen molar-refractivity contribution < 1.29 is 4.79 Å². The monoisotopic (exact) mass is 226 g/mol. The van der Waals surface area contributed by atoms with Crippen LogP contribution in [-0.2, 0) is 4.79 Å². The Bertz CT molecular complexity index is 237. The SMILES string of the molecule is CC(NC(=O)C1CCC(N)CC1)C(C)(C)C. The number of hydrogen-bond donors (Lipinski definition) is 2. The Hall–Kier alpha value is -0.570. The van der Waals surface area contributed by atoms with Crippen molar-refractivity contribution >= 4 is 5.91 Å². The van der Waals surface area contributed by atoms with E-state index in [2.05, 4.69) is 33.0 Å². The van der Waals surface area contributed by atoms with Gasteiger partial charge in [0.25, 0.3) is 0 Å². The molecule has 0 aromatic rings. The van der Waals surface area contributed by atoms with Gasteiger partial charge < -0.3 is 11.1 Å². The summed E-state index contributed by atoms with van der Waals surface area (Å²) in [6.45, 7) is 8.52. The molecule has 1 saturated carbocycles. The molecule has 0 bridgehead atoms. The lowest BCUT2D eigenvalue weighted by Crippen LogP contribution is -2.45. The lowest BCUT2D eigenvalue weighted by atomic mass is 9.84. The number of rotatable bonds is 2. The Morgan fingerprint density at radius 2 is 1.75 bits per heavy atom. The van der Waals surface area contributed by atoms with Crippen LogP contribution in [-0.4, -0.2) is 18.0 Å². The fourth-order valence-corrected chi connectivity index (χ4v) is 1.93. The van der Waals surface area contributed by atoms with Crippen molar-refractivity contribution in [1.82, 2.24) is 5.32 Å². The minimum atomic E-state index is 0.126. The molecule has 0 spiro atoms. The van der Waals surface area contributed by atoms with Crippen molar-refractivity contribution in [3.8, 4) is 0 Å². The van der Waals surface area contributed by atoms with Gasteiger partial charge in [0.15, 0.2) is 0 Å². The minimum Gasteiger partial charge on any atom is -0.353 e. The van der Waals surface area contributed by atoms with Gasteiger partial charge >= 0.3 is 0 Å². The summed E-state index contributed by atoms with van der Waals surface area (Å²) >= 11 is 0. The summed E-state index contributed by atoms with van der Waals surface area (Å²) in [5.74, 6) is 0.402. The van der Waals surface area contributed by atoms with Crippen molar-refractivity contribution in [2.45, 2.75) is 65.5 Å². The number of carbonyl (C=O) groups is 1. The van der Waals surface area contributed by atoms with Crippen molar-refractivity contribution in [2.75, 3.05) is 0 Å². The molecule has 1 aliphatic carbocycles. The van der Waals surface area contributed by atoms with Gasteiger partial charge in [-0.05, 0) is 38.0 Å². The largest absolute Gasteiger partial charge is 0.353 e. The maximum atomic E-state index is 12.0. The van der Waals surface area contributed by atoms with Gasteiger partial charge in [0.05, 0.1) is 0 Å². The molecular weight excluding hydrogens is 200 g/mol. The highest BCUT2D eigenvalue weighted by atomic mass is 16.1. The van der Waals surface area contributed by atoms with E-state index in [0.29, 0.717) is 6.04 Å². The van der Waals surface area contributed by atoms with Crippen LogP contribution < -0.4 is 11.1 Å². The highest BCUT2D eigenvalue weighted by Gasteiger charge is 2.28. The Morgan fingerprint density at radius 3 is 2.19 bits per heavy atom. The highest BCUT2D eigenvalue weighted by Crippen LogP contribution is 2.25. The molecule has 3 N–H and O–H groups in total. The highest BCUT2D eigenvalue weighted by molar-refractivity contribution is 5.79. The molecule has 1 aliphatic rings. The average molecular weight is 226 g/mol. The van der Waals surface area contributed by atoms with Crippen molar-refractivity contribution in [3.63, 3.8) is 0 Å². The average Bonchev–Trinajstić information content (AvgIpc) is 2.17. The molecule has 1 amide bonds. The molecule has 94 valence electrons. The second kappa shape index (κ2) is 5.17. The van der Waals surface area contributed by atoms with E-state index in [1.165, 1.54) is 0 Å². The van der Waals surface area contributed by atoms with E-state index in [9.17, 15) is 4.79 Å². The van der Waals surface area contributed by atoms with Crippen LogP contribution in [0.2, 0.25) is 0 Å². The zero-order valence-corrected chi connectivity index (χ0v) is 11.0. The van der Waals surface area contributed by atoms with Crippen LogP contribution in [0.5, 0.6) is 0 Å². The minimum absolute atomic E-state index is 0.126. The lowest BCUT2D eigenvalue weighted by Gasteiger charge is -2.31. The summed E-state index contributed by atoms with van der Waals surface area (Å²) in [4.78, 5) is 12.0. The predicted octanol–water partition coefficient (Wildman–Crippen LogP) is 2.05. The quantitative estimate of drug-likeness (QED) is 0.757. The molecule has 3 nitrogen and oxygen atoms in total. The van der Waals surface area contributed by atoms with Crippen molar-refractivity contribution in [3.05, 3.63) is 0 Å². The first-order valence-corrected chi connectivity index (χ1v) is 6.36.